The Labute approximate surface area is 113 Å². The van der Waals surface area contributed by atoms with Gasteiger partial charge >= 0.3 is 0 Å². The van der Waals surface area contributed by atoms with Crippen LogP contribution in [0.3, 0.4) is 0 Å². The zero-order valence-corrected chi connectivity index (χ0v) is 10.5. The van der Waals surface area contributed by atoms with E-state index in [9.17, 15) is 0 Å². The number of halogens is 1. The minimum Gasteiger partial charge on any atom is -0.260 e. The summed E-state index contributed by atoms with van der Waals surface area (Å²) in [7, 11) is 0. The van der Waals surface area contributed by atoms with E-state index >= 15 is 0 Å². The lowest BCUT2D eigenvalue weighted by Crippen LogP contribution is -2.02. The zero-order valence-electron chi connectivity index (χ0n) is 9.71. The monoisotopic (exact) mass is 269 g/mol. The summed E-state index contributed by atoms with van der Waals surface area (Å²) < 4.78 is 1.81. The summed E-state index contributed by atoms with van der Waals surface area (Å²) in [6, 6.07) is 7.60. The van der Waals surface area contributed by atoms with Crippen LogP contribution in [0.25, 0.3) is 16.8 Å². The second kappa shape index (κ2) is 3.80. The predicted molar refractivity (Wildman–Crippen MR) is 74.6 cm³/mol. The molecule has 4 rings (SSSR count). The van der Waals surface area contributed by atoms with Gasteiger partial charge in [0.15, 0.2) is 5.82 Å². The fraction of sp³-hybridized carbons (Fsp3) is 0. The summed E-state index contributed by atoms with van der Waals surface area (Å²) in [5.74, 6) is 0.715. The maximum absolute atomic E-state index is 5.92. The molecule has 0 unspecified atom stereocenters. The molecule has 1 aliphatic heterocycles. The third-order valence-electron chi connectivity index (χ3n) is 3.06. The van der Waals surface area contributed by atoms with Gasteiger partial charge < -0.3 is 0 Å². The molecule has 0 atom stereocenters. The first-order valence-corrected chi connectivity index (χ1v) is 6.13. The fourth-order valence-corrected chi connectivity index (χ4v) is 2.33. The molecule has 0 spiro atoms. The van der Waals surface area contributed by atoms with Gasteiger partial charge in [-0.05, 0) is 12.1 Å². The van der Waals surface area contributed by atoms with E-state index in [0.29, 0.717) is 10.8 Å². The molecule has 2 aromatic heterocycles. The maximum Gasteiger partial charge on any atom is 0.173 e. The molecule has 19 heavy (non-hydrogen) atoms. The van der Waals surface area contributed by atoms with Crippen LogP contribution in [0.2, 0.25) is 5.02 Å². The normalized spacial score (nSPS) is 12.7. The molecule has 0 radical (unpaired) electrons. The first kappa shape index (κ1) is 10.5. The van der Waals surface area contributed by atoms with E-state index in [0.717, 1.165) is 22.3 Å². The molecule has 0 aliphatic carbocycles. The Kier molecular flexibility index (Phi) is 2.10. The highest BCUT2D eigenvalue weighted by atomic mass is 35.5. The van der Waals surface area contributed by atoms with Gasteiger partial charge in [-0.1, -0.05) is 23.7 Å². The minimum absolute atomic E-state index is 0.707. The molecule has 3 aromatic rings. The lowest BCUT2D eigenvalue weighted by molar-refractivity contribution is 0.949. The molecule has 0 fully saturated rings. The SMILES string of the molecule is Clc1ccc(-c2nn3ccnc4c3c2C=NN4)cc1. The third kappa shape index (κ3) is 1.52. The van der Waals surface area contributed by atoms with E-state index < -0.39 is 0 Å². The van der Waals surface area contributed by atoms with Crippen molar-refractivity contribution in [3.8, 4) is 11.3 Å². The highest BCUT2D eigenvalue weighted by Gasteiger charge is 2.18. The molecule has 0 bridgehead atoms. The van der Waals surface area contributed by atoms with Crippen LogP contribution in [0.5, 0.6) is 0 Å². The molecule has 0 saturated heterocycles. The van der Waals surface area contributed by atoms with Crippen molar-refractivity contribution in [3.05, 3.63) is 47.2 Å². The van der Waals surface area contributed by atoms with Crippen molar-refractivity contribution in [2.24, 2.45) is 5.10 Å². The predicted octanol–water partition coefficient (Wildman–Crippen LogP) is 2.81. The molecule has 1 aliphatic rings. The van der Waals surface area contributed by atoms with Crippen LogP contribution in [-0.2, 0) is 0 Å². The second-order valence-electron chi connectivity index (χ2n) is 4.21. The molecule has 1 N–H and O–H groups in total. The number of rotatable bonds is 1. The minimum atomic E-state index is 0.707. The van der Waals surface area contributed by atoms with Crippen molar-refractivity contribution in [1.29, 1.82) is 0 Å². The van der Waals surface area contributed by atoms with Crippen molar-refractivity contribution < 1.29 is 0 Å². The number of hydrazone groups is 1. The van der Waals surface area contributed by atoms with E-state index in [4.69, 9.17) is 11.6 Å². The third-order valence-corrected chi connectivity index (χ3v) is 3.32. The van der Waals surface area contributed by atoms with Crippen LogP contribution in [-0.4, -0.2) is 20.8 Å². The van der Waals surface area contributed by atoms with Crippen molar-refractivity contribution in [1.82, 2.24) is 14.6 Å². The van der Waals surface area contributed by atoms with E-state index in [1.54, 1.807) is 16.9 Å². The maximum atomic E-state index is 5.92. The van der Waals surface area contributed by atoms with Crippen LogP contribution in [0, 0.1) is 0 Å². The summed E-state index contributed by atoms with van der Waals surface area (Å²) in [5, 5.41) is 9.40. The van der Waals surface area contributed by atoms with Crippen molar-refractivity contribution >= 4 is 29.2 Å². The van der Waals surface area contributed by atoms with E-state index in [1.807, 2.05) is 30.5 Å². The van der Waals surface area contributed by atoms with Gasteiger partial charge in [0.25, 0.3) is 0 Å². The number of nitrogens with one attached hydrogen (secondary N) is 1. The summed E-state index contributed by atoms with van der Waals surface area (Å²) in [6.07, 6.45) is 5.28. The van der Waals surface area contributed by atoms with Gasteiger partial charge in [-0.25, -0.2) is 9.50 Å². The van der Waals surface area contributed by atoms with Crippen LogP contribution in [0.4, 0.5) is 5.82 Å². The number of anilines is 1. The molecule has 3 heterocycles. The van der Waals surface area contributed by atoms with Gasteiger partial charge in [0.2, 0.25) is 0 Å². The lowest BCUT2D eigenvalue weighted by atomic mass is 10.1. The fourth-order valence-electron chi connectivity index (χ4n) is 2.21. The Bertz CT molecular complexity index is 804. The topological polar surface area (TPSA) is 54.6 Å². The van der Waals surface area contributed by atoms with Gasteiger partial charge in [0, 0.05) is 23.0 Å². The molecule has 0 saturated carbocycles. The number of aromatic nitrogens is 3. The molecular formula is C13H8ClN5. The van der Waals surface area contributed by atoms with Crippen LogP contribution >= 0.6 is 11.6 Å². The Morgan fingerprint density at radius 3 is 2.84 bits per heavy atom. The quantitative estimate of drug-likeness (QED) is 0.739. The van der Waals surface area contributed by atoms with Gasteiger partial charge in [-0.2, -0.15) is 10.2 Å². The molecule has 6 heteroatoms. The van der Waals surface area contributed by atoms with Crippen LogP contribution in [0.15, 0.2) is 41.8 Å². The standard InChI is InChI=1S/C13H8ClN5/c14-9-3-1-8(2-4-9)11-10-7-16-17-13-12(10)19(18-11)6-5-15-13/h1-7H,(H,15,17). The highest BCUT2D eigenvalue weighted by molar-refractivity contribution is 6.30. The number of nitrogens with zero attached hydrogens (tertiary/aromatic N) is 4. The molecule has 0 amide bonds. The van der Waals surface area contributed by atoms with Crippen molar-refractivity contribution in [3.63, 3.8) is 0 Å². The Hall–Kier alpha value is -2.40. The van der Waals surface area contributed by atoms with Crippen molar-refractivity contribution in [2.75, 3.05) is 5.43 Å². The lowest BCUT2D eigenvalue weighted by Gasteiger charge is -2.06. The summed E-state index contributed by atoms with van der Waals surface area (Å²) in [6.45, 7) is 0. The van der Waals surface area contributed by atoms with Gasteiger partial charge in [-0.15, -0.1) is 0 Å². The number of benzene rings is 1. The van der Waals surface area contributed by atoms with E-state index in [1.165, 1.54) is 0 Å². The first-order valence-electron chi connectivity index (χ1n) is 5.75. The molecular weight excluding hydrogens is 262 g/mol. The first-order chi connectivity index (χ1) is 9.33. The van der Waals surface area contributed by atoms with Gasteiger partial charge in [0.1, 0.15) is 11.2 Å². The molecule has 5 nitrogen and oxygen atoms in total. The van der Waals surface area contributed by atoms with Gasteiger partial charge in [-0.3, -0.25) is 5.43 Å². The molecule has 92 valence electrons. The summed E-state index contributed by atoms with van der Waals surface area (Å²) in [5.41, 5.74) is 6.65. The Morgan fingerprint density at radius 1 is 1.16 bits per heavy atom. The average Bonchev–Trinajstić information content (AvgIpc) is 2.82. The number of hydrogen-bond donors (Lipinski definition) is 1. The zero-order chi connectivity index (χ0) is 12.8. The van der Waals surface area contributed by atoms with Crippen LogP contribution < -0.4 is 5.43 Å². The Balaban J connectivity index is 2.04. The number of hydrogen-bond acceptors (Lipinski definition) is 4. The highest BCUT2D eigenvalue weighted by Crippen LogP contribution is 2.30. The summed E-state index contributed by atoms with van der Waals surface area (Å²) in [4.78, 5) is 4.25. The largest absolute Gasteiger partial charge is 0.260 e. The Morgan fingerprint density at radius 2 is 2.00 bits per heavy atom. The average molecular weight is 270 g/mol. The molecule has 1 aromatic carbocycles. The van der Waals surface area contributed by atoms with E-state index in [2.05, 4.69) is 20.6 Å². The van der Waals surface area contributed by atoms with Crippen molar-refractivity contribution in [2.45, 2.75) is 0 Å². The van der Waals surface area contributed by atoms with Crippen LogP contribution in [0.1, 0.15) is 5.56 Å². The smallest absolute Gasteiger partial charge is 0.173 e. The second-order valence-corrected chi connectivity index (χ2v) is 4.64. The summed E-state index contributed by atoms with van der Waals surface area (Å²) >= 11 is 5.92. The van der Waals surface area contributed by atoms with Gasteiger partial charge in [0.05, 0.1) is 11.8 Å². The van der Waals surface area contributed by atoms with E-state index in [-0.39, 0.29) is 0 Å².